The molecule has 0 aliphatic carbocycles. The van der Waals surface area contributed by atoms with Crippen LogP contribution in [-0.4, -0.2) is 44.0 Å². The molecular weight excluding hydrogens is 361 g/mol. The molecule has 0 fully saturated rings. The molecule has 0 unspecified atom stereocenters. The third kappa shape index (κ3) is 4.64. The molecule has 1 heterocycles. The summed E-state index contributed by atoms with van der Waals surface area (Å²) >= 11 is 0. The zero-order valence-electron chi connectivity index (χ0n) is 17.6. The Kier molecular flexibility index (Phi) is 7.84. The minimum atomic E-state index is -0.450. The van der Waals surface area contributed by atoms with E-state index in [1.807, 2.05) is 6.92 Å². The fourth-order valence-electron chi connectivity index (χ4n) is 3.12. The highest BCUT2D eigenvalue weighted by atomic mass is 19.1. The van der Waals surface area contributed by atoms with Crippen LogP contribution in [-0.2, 0) is 6.42 Å². The number of hydrogen-bond donors (Lipinski definition) is 1. The van der Waals surface area contributed by atoms with Crippen LogP contribution < -0.4 is 19.5 Å². The van der Waals surface area contributed by atoms with Crippen LogP contribution in [0.5, 0.6) is 17.4 Å². The lowest BCUT2D eigenvalue weighted by molar-refractivity contribution is 0.391. The molecule has 0 radical (unpaired) electrons. The third-order valence-electron chi connectivity index (χ3n) is 4.74. The van der Waals surface area contributed by atoms with E-state index in [1.165, 1.54) is 0 Å². The van der Waals surface area contributed by atoms with Crippen LogP contribution in [0.15, 0.2) is 12.1 Å². The van der Waals surface area contributed by atoms with Gasteiger partial charge in [0.2, 0.25) is 0 Å². The van der Waals surface area contributed by atoms with Crippen LogP contribution in [0, 0.1) is 6.92 Å². The van der Waals surface area contributed by atoms with Crippen molar-refractivity contribution in [2.45, 2.75) is 46.1 Å². The Morgan fingerprint density at radius 1 is 1.00 bits per heavy atom. The number of nitrogens with zero attached hydrogens (tertiary/aromatic N) is 2. The summed E-state index contributed by atoms with van der Waals surface area (Å²) in [4.78, 5) is 9.39. The van der Waals surface area contributed by atoms with Gasteiger partial charge in [-0.25, -0.2) is 9.97 Å². The summed E-state index contributed by atoms with van der Waals surface area (Å²) in [6, 6.07) is 3.90. The molecule has 1 N–H and O–H groups in total. The molecule has 0 aliphatic heterocycles. The SMILES string of the molecule is CCC(CC)Nc1nc(C)c(-c2c(OC)cc(CCF)cc2OC)nc1OC. The maximum Gasteiger partial charge on any atom is 0.257 e. The van der Waals surface area contributed by atoms with E-state index in [2.05, 4.69) is 19.2 Å². The number of aromatic nitrogens is 2. The van der Waals surface area contributed by atoms with Crippen molar-refractivity contribution in [2.75, 3.05) is 33.3 Å². The number of methoxy groups -OCH3 is 3. The Labute approximate surface area is 166 Å². The topological polar surface area (TPSA) is 65.5 Å². The highest BCUT2D eigenvalue weighted by Gasteiger charge is 2.22. The third-order valence-corrected chi connectivity index (χ3v) is 4.74. The van der Waals surface area contributed by atoms with Crippen molar-refractivity contribution < 1.29 is 18.6 Å². The van der Waals surface area contributed by atoms with Crippen LogP contribution in [0.3, 0.4) is 0 Å². The molecule has 0 saturated heterocycles. The van der Waals surface area contributed by atoms with E-state index in [1.54, 1.807) is 33.5 Å². The number of ether oxygens (including phenoxy) is 3. The molecule has 1 aromatic heterocycles. The normalized spacial score (nSPS) is 10.9. The second-order valence-electron chi connectivity index (χ2n) is 6.49. The van der Waals surface area contributed by atoms with E-state index in [-0.39, 0.29) is 6.04 Å². The monoisotopic (exact) mass is 391 g/mol. The smallest absolute Gasteiger partial charge is 0.257 e. The Hall–Kier alpha value is -2.57. The van der Waals surface area contributed by atoms with Gasteiger partial charge in [-0.15, -0.1) is 0 Å². The summed E-state index contributed by atoms with van der Waals surface area (Å²) < 4.78 is 29.4. The standard InChI is InChI=1S/C21H30FN3O3/c1-7-15(8-2)24-20-21(28-6)25-19(13(3)23-20)18-16(26-4)11-14(9-10-22)12-17(18)27-5/h11-12,15H,7-10H2,1-6H3,(H,23,24). The Bertz CT molecular complexity index is 770. The molecule has 0 aliphatic rings. The quantitative estimate of drug-likeness (QED) is 0.639. The van der Waals surface area contributed by atoms with E-state index < -0.39 is 6.67 Å². The van der Waals surface area contributed by atoms with Crippen LogP contribution in [0.2, 0.25) is 0 Å². The van der Waals surface area contributed by atoms with Crippen LogP contribution in [0.25, 0.3) is 11.3 Å². The zero-order chi connectivity index (χ0) is 20.7. The Balaban J connectivity index is 2.61. The van der Waals surface area contributed by atoms with Crippen molar-refractivity contribution in [1.82, 2.24) is 9.97 Å². The number of nitrogens with one attached hydrogen (secondary N) is 1. The predicted octanol–water partition coefficient (Wildman–Crippen LogP) is 4.59. The Morgan fingerprint density at radius 2 is 1.61 bits per heavy atom. The highest BCUT2D eigenvalue weighted by Crippen LogP contribution is 2.41. The first kappa shape index (κ1) is 21.7. The van der Waals surface area contributed by atoms with E-state index in [0.717, 1.165) is 18.4 Å². The van der Waals surface area contributed by atoms with Gasteiger partial charge in [-0.3, -0.25) is 4.39 Å². The van der Waals surface area contributed by atoms with Gasteiger partial charge in [-0.05, 0) is 37.5 Å². The summed E-state index contributed by atoms with van der Waals surface area (Å²) in [7, 11) is 4.71. The summed E-state index contributed by atoms with van der Waals surface area (Å²) in [5.41, 5.74) is 2.78. The second kappa shape index (κ2) is 10.1. The van der Waals surface area contributed by atoms with Crippen LogP contribution >= 0.6 is 0 Å². The van der Waals surface area contributed by atoms with Crippen molar-refractivity contribution in [3.05, 3.63) is 23.4 Å². The maximum absolute atomic E-state index is 12.8. The van der Waals surface area contributed by atoms with Crippen molar-refractivity contribution in [3.8, 4) is 28.6 Å². The van der Waals surface area contributed by atoms with Gasteiger partial charge in [0.25, 0.3) is 5.88 Å². The predicted molar refractivity (Wildman–Crippen MR) is 110 cm³/mol. The van der Waals surface area contributed by atoms with Gasteiger partial charge in [0.15, 0.2) is 5.82 Å². The largest absolute Gasteiger partial charge is 0.496 e. The van der Waals surface area contributed by atoms with Crippen LogP contribution in [0.1, 0.15) is 37.9 Å². The first-order chi connectivity index (χ1) is 13.5. The maximum atomic E-state index is 12.8. The number of anilines is 1. The summed E-state index contributed by atoms with van der Waals surface area (Å²) in [5, 5.41) is 3.40. The number of aryl methyl sites for hydroxylation is 2. The minimum Gasteiger partial charge on any atom is -0.496 e. The minimum absolute atomic E-state index is 0.289. The fraction of sp³-hybridized carbons (Fsp3) is 0.524. The number of halogens is 1. The first-order valence-corrected chi connectivity index (χ1v) is 9.53. The molecule has 1 aromatic carbocycles. The van der Waals surface area contributed by atoms with Crippen molar-refractivity contribution >= 4 is 5.82 Å². The van der Waals surface area contributed by atoms with E-state index >= 15 is 0 Å². The van der Waals surface area contributed by atoms with Gasteiger partial charge in [-0.1, -0.05) is 13.8 Å². The molecule has 2 rings (SSSR count). The molecule has 7 heteroatoms. The van der Waals surface area contributed by atoms with Gasteiger partial charge < -0.3 is 19.5 Å². The van der Waals surface area contributed by atoms with E-state index in [4.69, 9.17) is 24.2 Å². The average molecular weight is 391 g/mol. The molecule has 0 saturated carbocycles. The molecule has 154 valence electrons. The van der Waals surface area contributed by atoms with E-state index in [0.29, 0.717) is 46.6 Å². The molecule has 0 spiro atoms. The average Bonchev–Trinajstić information content (AvgIpc) is 2.71. The molecule has 6 nitrogen and oxygen atoms in total. The lowest BCUT2D eigenvalue weighted by atomic mass is 10.0. The zero-order valence-corrected chi connectivity index (χ0v) is 17.6. The van der Waals surface area contributed by atoms with Gasteiger partial charge >= 0.3 is 0 Å². The first-order valence-electron chi connectivity index (χ1n) is 9.53. The number of alkyl halides is 1. The fourth-order valence-corrected chi connectivity index (χ4v) is 3.12. The molecule has 0 bridgehead atoms. The number of benzene rings is 1. The van der Waals surface area contributed by atoms with Crippen molar-refractivity contribution in [2.24, 2.45) is 0 Å². The summed E-state index contributed by atoms with van der Waals surface area (Å²) in [6.07, 6.45) is 2.24. The number of hydrogen-bond acceptors (Lipinski definition) is 6. The Morgan fingerprint density at radius 3 is 2.07 bits per heavy atom. The van der Waals surface area contributed by atoms with E-state index in [9.17, 15) is 4.39 Å². The summed E-state index contributed by atoms with van der Waals surface area (Å²) in [5.74, 6) is 2.14. The van der Waals surface area contributed by atoms with Crippen molar-refractivity contribution in [1.29, 1.82) is 0 Å². The lowest BCUT2D eigenvalue weighted by Gasteiger charge is -2.20. The van der Waals surface area contributed by atoms with Crippen LogP contribution in [0.4, 0.5) is 10.2 Å². The molecule has 0 atom stereocenters. The highest BCUT2D eigenvalue weighted by molar-refractivity contribution is 5.77. The molecule has 28 heavy (non-hydrogen) atoms. The van der Waals surface area contributed by atoms with Gasteiger partial charge in [0.05, 0.1) is 39.3 Å². The molecule has 0 amide bonds. The number of rotatable bonds is 10. The lowest BCUT2D eigenvalue weighted by Crippen LogP contribution is -2.19. The van der Waals surface area contributed by atoms with Gasteiger partial charge in [0, 0.05) is 12.5 Å². The van der Waals surface area contributed by atoms with Gasteiger partial charge in [-0.2, -0.15) is 0 Å². The summed E-state index contributed by atoms with van der Waals surface area (Å²) in [6.45, 7) is 5.68. The second-order valence-corrected chi connectivity index (χ2v) is 6.49. The van der Waals surface area contributed by atoms with Gasteiger partial charge in [0.1, 0.15) is 17.2 Å². The molecular formula is C21H30FN3O3. The molecule has 2 aromatic rings. The van der Waals surface area contributed by atoms with Crippen molar-refractivity contribution in [3.63, 3.8) is 0 Å².